The molecule has 23 heavy (non-hydrogen) atoms. The van der Waals surface area contributed by atoms with Crippen molar-refractivity contribution in [1.29, 1.82) is 0 Å². The second-order valence-corrected chi connectivity index (χ2v) is 6.67. The lowest BCUT2D eigenvalue weighted by Crippen LogP contribution is -2.46. The Kier molecular flexibility index (Phi) is 8.03. The Bertz CT molecular complexity index is 507. The minimum Gasteiger partial charge on any atom is -0.340 e. The van der Waals surface area contributed by atoms with Gasteiger partial charge in [0.25, 0.3) is 0 Å². The minimum atomic E-state index is 0. The molecule has 5 heteroatoms. The Morgan fingerprint density at radius 3 is 2.78 bits per heavy atom. The van der Waals surface area contributed by atoms with Gasteiger partial charge in [0.15, 0.2) is 0 Å². The van der Waals surface area contributed by atoms with Gasteiger partial charge in [-0.05, 0) is 50.3 Å². The van der Waals surface area contributed by atoms with Gasteiger partial charge in [0.05, 0.1) is 6.54 Å². The van der Waals surface area contributed by atoms with Crippen LogP contribution in [-0.4, -0.2) is 48.4 Å². The van der Waals surface area contributed by atoms with Crippen molar-refractivity contribution in [2.75, 3.05) is 26.7 Å². The largest absolute Gasteiger partial charge is 0.340 e. The average Bonchev–Trinajstić information content (AvgIpc) is 2.49. The fourth-order valence-corrected chi connectivity index (χ4v) is 3.11. The molecule has 1 aliphatic heterocycles. The zero-order valence-corrected chi connectivity index (χ0v) is 15.3. The van der Waals surface area contributed by atoms with Crippen LogP contribution in [0.25, 0.3) is 0 Å². The van der Waals surface area contributed by atoms with Gasteiger partial charge in [-0.15, -0.1) is 12.4 Å². The van der Waals surface area contributed by atoms with E-state index in [4.69, 9.17) is 5.73 Å². The zero-order chi connectivity index (χ0) is 16.1. The second-order valence-electron chi connectivity index (χ2n) is 6.67. The molecule has 0 saturated carbocycles. The molecule has 0 aromatic heterocycles. The van der Waals surface area contributed by atoms with Crippen LogP contribution < -0.4 is 5.73 Å². The summed E-state index contributed by atoms with van der Waals surface area (Å²) in [7, 11) is 1.89. The molecule has 2 rings (SSSR count). The number of amides is 1. The number of benzene rings is 1. The molecule has 0 aliphatic carbocycles. The third-order valence-corrected chi connectivity index (χ3v) is 4.74. The van der Waals surface area contributed by atoms with E-state index in [9.17, 15) is 4.79 Å². The van der Waals surface area contributed by atoms with Crippen LogP contribution in [0.4, 0.5) is 0 Å². The van der Waals surface area contributed by atoms with Gasteiger partial charge < -0.3 is 10.6 Å². The van der Waals surface area contributed by atoms with E-state index in [1.165, 1.54) is 17.5 Å². The van der Waals surface area contributed by atoms with Gasteiger partial charge in [-0.1, -0.05) is 24.3 Å². The molecule has 1 aliphatic rings. The molecule has 0 bridgehead atoms. The Morgan fingerprint density at radius 1 is 1.43 bits per heavy atom. The fourth-order valence-electron chi connectivity index (χ4n) is 3.11. The highest BCUT2D eigenvalue weighted by Gasteiger charge is 2.24. The van der Waals surface area contributed by atoms with E-state index in [2.05, 4.69) is 30.9 Å². The Morgan fingerprint density at radius 2 is 2.13 bits per heavy atom. The number of carbonyl (C=O) groups excluding carboxylic acids is 1. The first-order valence-corrected chi connectivity index (χ1v) is 8.23. The number of hydrogen-bond donors (Lipinski definition) is 1. The number of halogens is 1. The minimum absolute atomic E-state index is 0. The van der Waals surface area contributed by atoms with Crippen molar-refractivity contribution in [1.82, 2.24) is 9.80 Å². The zero-order valence-electron chi connectivity index (χ0n) is 14.5. The van der Waals surface area contributed by atoms with E-state index in [0.717, 1.165) is 19.5 Å². The lowest BCUT2D eigenvalue weighted by Gasteiger charge is -2.35. The van der Waals surface area contributed by atoms with Gasteiger partial charge in [0.2, 0.25) is 5.91 Å². The van der Waals surface area contributed by atoms with E-state index in [1.807, 2.05) is 24.1 Å². The lowest BCUT2D eigenvalue weighted by molar-refractivity contribution is -0.132. The summed E-state index contributed by atoms with van der Waals surface area (Å²) in [6.07, 6.45) is 2.32. The molecule has 2 atom stereocenters. The fraction of sp³-hybridized carbons (Fsp3) is 0.611. The van der Waals surface area contributed by atoms with Crippen molar-refractivity contribution in [3.8, 4) is 0 Å². The second kappa shape index (κ2) is 9.26. The monoisotopic (exact) mass is 339 g/mol. The predicted molar refractivity (Wildman–Crippen MR) is 97.7 cm³/mol. The van der Waals surface area contributed by atoms with Crippen LogP contribution in [-0.2, 0) is 11.3 Å². The Labute approximate surface area is 146 Å². The van der Waals surface area contributed by atoms with Gasteiger partial charge in [-0.2, -0.15) is 0 Å². The van der Waals surface area contributed by atoms with E-state index < -0.39 is 0 Å². The molecule has 2 N–H and O–H groups in total. The number of aryl methyl sites for hydroxylation is 1. The standard InChI is InChI=1S/C18H29N3O.ClH/c1-14-7-4-5-8-16(14)11-20(3)18(22)13-21-10-6-9-17(12-21)15(2)19;/h4-5,7-8,15,17H,6,9-13,19H2,1-3H3;1H. The number of nitrogens with zero attached hydrogens (tertiary/aromatic N) is 2. The molecule has 1 aromatic carbocycles. The number of carbonyl (C=O) groups is 1. The molecular weight excluding hydrogens is 310 g/mol. The van der Waals surface area contributed by atoms with Crippen molar-refractivity contribution in [2.24, 2.45) is 11.7 Å². The summed E-state index contributed by atoms with van der Waals surface area (Å²) in [5.41, 5.74) is 8.46. The molecule has 1 fully saturated rings. The van der Waals surface area contributed by atoms with Gasteiger partial charge in [0.1, 0.15) is 0 Å². The Hall–Kier alpha value is -1.10. The maximum absolute atomic E-state index is 12.5. The smallest absolute Gasteiger partial charge is 0.236 e. The van der Waals surface area contributed by atoms with Crippen molar-refractivity contribution in [2.45, 2.75) is 39.3 Å². The summed E-state index contributed by atoms with van der Waals surface area (Å²) in [5.74, 6) is 0.705. The lowest BCUT2D eigenvalue weighted by atomic mass is 9.92. The van der Waals surface area contributed by atoms with E-state index in [1.54, 1.807) is 0 Å². The number of hydrogen-bond acceptors (Lipinski definition) is 3. The quantitative estimate of drug-likeness (QED) is 0.896. The number of likely N-dealkylation sites (N-methyl/N-ethyl adjacent to an activating group) is 1. The summed E-state index contributed by atoms with van der Waals surface area (Å²) < 4.78 is 0. The summed E-state index contributed by atoms with van der Waals surface area (Å²) in [4.78, 5) is 16.5. The third kappa shape index (κ3) is 5.79. The molecule has 1 saturated heterocycles. The maximum Gasteiger partial charge on any atom is 0.236 e. The SMILES string of the molecule is Cc1ccccc1CN(C)C(=O)CN1CCCC(C(C)N)C1.Cl. The first-order valence-electron chi connectivity index (χ1n) is 8.23. The summed E-state index contributed by atoms with van der Waals surface area (Å²) >= 11 is 0. The van der Waals surface area contributed by atoms with Crippen LogP contribution in [0.15, 0.2) is 24.3 Å². The van der Waals surface area contributed by atoms with Crippen molar-refractivity contribution >= 4 is 18.3 Å². The maximum atomic E-state index is 12.5. The van der Waals surface area contributed by atoms with E-state index in [0.29, 0.717) is 19.0 Å². The van der Waals surface area contributed by atoms with Crippen molar-refractivity contribution in [3.05, 3.63) is 35.4 Å². The van der Waals surface area contributed by atoms with Gasteiger partial charge in [-0.3, -0.25) is 9.69 Å². The summed E-state index contributed by atoms with van der Waals surface area (Å²) in [6.45, 7) is 7.29. The van der Waals surface area contributed by atoms with E-state index >= 15 is 0 Å². The van der Waals surface area contributed by atoms with Gasteiger partial charge in [-0.25, -0.2) is 0 Å². The topological polar surface area (TPSA) is 49.6 Å². The molecule has 0 radical (unpaired) electrons. The number of rotatable bonds is 5. The van der Waals surface area contributed by atoms with Crippen molar-refractivity contribution in [3.63, 3.8) is 0 Å². The molecular formula is C18H30ClN3O. The predicted octanol–water partition coefficient (Wildman–Crippen LogP) is 2.43. The Balaban J connectivity index is 0.00000264. The van der Waals surface area contributed by atoms with Gasteiger partial charge in [0, 0.05) is 26.2 Å². The van der Waals surface area contributed by atoms with E-state index in [-0.39, 0.29) is 24.4 Å². The summed E-state index contributed by atoms with van der Waals surface area (Å²) in [5, 5.41) is 0. The van der Waals surface area contributed by atoms with Gasteiger partial charge >= 0.3 is 0 Å². The summed E-state index contributed by atoms with van der Waals surface area (Å²) in [6, 6.07) is 8.45. The van der Waals surface area contributed by atoms with Crippen LogP contribution in [0.2, 0.25) is 0 Å². The number of likely N-dealkylation sites (tertiary alicyclic amines) is 1. The molecule has 2 unspecified atom stereocenters. The molecule has 1 amide bonds. The normalized spacial score (nSPS) is 19.7. The average molecular weight is 340 g/mol. The molecule has 1 heterocycles. The highest BCUT2D eigenvalue weighted by Crippen LogP contribution is 2.18. The van der Waals surface area contributed by atoms with Crippen molar-refractivity contribution < 1.29 is 4.79 Å². The number of nitrogens with two attached hydrogens (primary N) is 1. The molecule has 0 spiro atoms. The van der Waals surface area contributed by atoms with Crippen LogP contribution in [0.1, 0.15) is 30.9 Å². The van der Waals surface area contributed by atoms with Crippen LogP contribution in [0, 0.1) is 12.8 Å². The first-order chi connectivity index (χ1) is 10.5. The highest BCUT2D eigenvalue weighted by molar-refractivity contribution is 5.85. The first kappa shape index (κ1) is 19.9. The van der Waals surface area contributed by atoms with Crippen LogP contribution >= 0.6 is 12.4 Å². The highest BCUT2D eigenvalue weighted by atomic mass is 35.5. The molecule has 1 aromatic rings. The van der Waals surface area contributed by atoms with Crippen LogP contribution in [0.3, 0.4) is 0 Å². The third-order valence-electron chi connectivity index (χ3n) is 4.74. The number of piperidine rings is 1. The molecule has 4 nitrogen and oxygen atoms in total. The molecule has 130 valence electrons. The van der Waals surface area contributed by atoms with Crippen LogP contribution in [0.5, 0.6) is 0 Å².